The number of thiazole rings is 1. The van der Waals surface area contributed by atoms with Crippen molar-refractivity contribution < 1.29 is 13.2 Å². The first-order valence-electron chi connectivity index (χ1n) is 11.0. The lowest BCUT2D eigenvalue weighted by Crippen LogP contribution is -2.28. The topological polar surface area (TPSA) is 88.8 Å². The molecule has 35 heavy (non-hydrogen) atoms. The molecule has 11 heteroatoms. The standard InChI is InChI=1S/C24H21F3N6S2/c25-14-6-7-16(26)19(11-14)35-33-17-5-1-4-15(20(17)27)21-22(18-8-10-30-24(28)31-18)34-23(32-21)13-3-2-9-29-12-13/h1,4-8,10-11,13,29,33H,2-3,9,12H2,(H2,28,30,31). The van der Waals surface area contributed by atoms with E-state index < -0.39 is 17.5 Å². The number of nitrogens with two attached hydrogens (primary N) is 1. The lowest BCUT2D eigenvalue weighted by Gasteiger charge is -2.20. The maximum absolute atomic E-state index is 15.7. The molecule has 5 rings (SSSR count). The second-order valence-corrected chi connectivity index (χ2v) is 9.90. The molecular weight excluding hydrogens is 493 g/mol. The molecule has 1 fully saturated rings. The Bertz CT molecular complexity index is 1360. The fraction of sp³-hybridized carbons (Fsp3) is 0.208. The summed E-state index contributed by atoms with van der Waals surface area (Å²) in [5, 5.41) is 4.29. The molecule has 3 heterocycles. The van der Waals surface area contributed by atoms with Gasteiger partial charge in [-0.1, -0.05) is 6.07 Å². The average molecular weight is 515 g/mol. The number of halogens is 3. The Hall–Kier alpha value is -3.15. The largest absolute Gasteiger partial charge is 0.368 e. The van der Waals surface area contributed by atoms with Gasteiger partial charge in [-0.15, -0.1) is 11.3 Å². The molecule has 4 aromatic rings. The first kappa shape index (κ1) is 23.6. The van der Waals surface area contributed by atoms with Crippen LogP contribution in [0.25, 0.3) is 21.8 Å². The van der Waals surface area contributed by atoms with Crippen LogP contribution in [0.5, 0.6) is 0 Å². The summed E-state index contributed by atoms with van der Waals surface area (Å²) in [5.74, 6) is -1.40. The quantitative estimate of drug-likeness (QED) is 0.278. The summed E-state index contributed by atoms with van der Waals surface area (Å²) in [5.41, 5.74) is 7.23. The van der Waals surface area contributed by atoms with Gasteiger partial charge in [-0.3, -0.25) is 0 Å². The lowest BCUT2D eigenvalue weighted by atomic mass is 10.0. The van der Waals surface area contributed by atoms with E-state index in [9.17, 15) is 8.78 Å². The molecule has 0 radical (unpaired) electrons. The first-order chi connectivity index (χ1) is 17.0. The number of piperidine rings is 1. The van der Waals surface area contributed by atoms with Crippen molar-refractivity contribution in [1.82, 2.24) is 20.3 Å². The van der Waals surface area contributed by atoms with E-state index in [1.165, 1.54) is 17.4 Å². The zero-order valence-corrected chi connectivity index (χ0v) is 20.0. The summed E-state index contributed by atoms with van der Waals surface area (Å²) in [6.45, 7) is 1.77. The Morgan fingerprint density at radius 3 is 2.80 bits per heavy atom. The molecular formula is C24H21F3N6S2. The molecule has 4 N–H and O–H groups in total. The fourth-order valence-corrected chi connectivity index (χ4v) is 5.79. The van der Waals surface area contributed by atoms with E-state index >= 15 is 4.39 Å². The number of aromatic nitrogens is 3. The van der Waals surface area contributed by atoms with Gasteiger partial charge in [0.05, 0.1) is 31.9 Å². The molecule has 1 saturated heterocycles. The molecule has 1 atom stereocenters. The Kier molecular flexibility index (Phi) is 6.89. The third kappa shape index (κ3) is 5.12. The predicted molar refractivity (Wildman–Crippen MR) is 134 cm³/mol. The van der Waals surface area contributed by atoms with Gasteiger partial charge in [0.1, 0.15) is 11.6 Å². The van der Waals surface area contributed by atoms with Gasteiger partial charge in [-0.25, -0.2) is 28.1 Å². The molecule has 6 nitrogen and oxygen atoms in total. The van der Waals surface area contributed by atoms with E-state index in [4.69, 9.17) is 10.7 Å². The van der Waals surface area contributed by atoms with Crippen molar-refractivity contribution >= 4 is 34.9 Å². The lowest BCUT2D eigenvalue weighted by molar-refractivity contribution is 0.460. The van der Waals surface area contributed by atoms with Crippen LogP contribution in [-0.4, -0.2) is 28.0 Å². The third-order valence-electron chi connectivity index (χ3n) is 5.61. The molecule has 0 aliphatic carbocycles. The van der Waals surface area contributed by atoms with Crippen molar-refractivity contribution in [3.05, 3.63) is 71.1 Å². The summed E-state index contributed by atoms with van der Waals surface area (Å²) < 4.78 is 46.0. The van der Waals surface area contributed by atoms with Crippen molar-refractivity contribution in [3.8, 4) is 21.8 Å². The number of rotatable bonds is 6. The second-order valence-electron chi connectivity index (χ2n) is 8.02. The van der Waals surface area contributed by atoms with Crippen LogP contribution in [-0.2, 0) is 0 Å². The normalized spacial score (nSPS) is 15.8. The van der Waals surface area contributed by atoms with E-state index in [2.05, 4.69) is 20.0 Å². The van der Waals surface area contributed by atoms with Crippen molar-refractivity contribution in [2.75, 3.05) is 23.5 Å². The van der Waals surface area contributed by atoms with Crippen LogP contribution in [0.15, 0.2) is 53.6 Å². The molecule has 1 unspecified atom stereocenters. The average Bonchev–Trinajstić information content (AvgIpc) is 3.31. The second kappa shape index (κ2) is 10.2. The maximum atomic E-state index is 15.7. The van der Waals surface area contributed by atoms with Gasteiger partial charge in [0.15, 0.2) is 5.82 Å². The third-order valence-corrected chi connectivity index (χ3v) is 7.71. The summed E-state index contributed by atoms with van der Waals surface area (Å²) in [6.07, 6.45) is 3.59. The summed E-state index contributed by atoms with van der Waals surface area (Å²) in [6, 6.07) is 9.69. The van der Waals surface area contributed by atoms with Gasteiger partial charge in [0.2, 0.25) is 5.95 Å². The van der Waals surface area contributed by atoms with Gasteiger partial charge in [-0.05, 0) is 67.7 Å². The van der Waals surface area contributed by atoms with Crippen molar-refractivity contribution in [2.45, 2.75) is 23.7 Å². The zero-order valence-electron chi connectivity index (χ0n) is 18.4. The number of anilines is 2. The fourth-order valence-electron chi connectivity index (χ4n) is 3.89. The molecule has 0 bridgehead atoms. The highest BCUT2D eigenvalue weighted by Crippen LogP contribution is 2.42. The predicted octanol–water partition coefficient (Wildman–Crippen LogP) is 5.85. The maximum Gasteiger partial charge on any atom is 0.220 e. The Morgan fingerprint density at radius 1 is 1.11 bits per heavy atom. The van der Waals surface area contributed by atoms with Crippen LogP contribution in [0, 0.1) is 17.5 Å². The number of hydrogen-bond acceptors (Lipinski definition) is 8. The number of nitrogen functional groups attached to an aromatic ring is 1. The van der Waals surface area contributed by atoms with Crippen LogP contribution in [0.4, 0.5) is 24.8 Å². The Morgan fingerprint density at radius 2 is 2.00 bits per heavy atom. The SMILES string of the molecule is Nc1nccc(-c2sc(C3CCCNC3)nc2-c2cccc(NSc3cc(F)ccc3F)c2F)n1. The molecule has 180 valence electrons. The monoisotopic (exact) mass is 514 g/mol. The van der Waals surface area contributed by atoms with Crippen LogP contribution in [0.3, 0.4) is 0 Å². The van der Waals surface area contributed by atoms with E-state index in [1.807, 2.05) is 0 Å². The van der Waals surface area contributed by atoms with Gasteiger partial charge in [0, 0.05) is 24.2 Å². The van der Waals surface area contributed by atoms with Crippen LogP contribution in [0.1, 0.15) is 23.8 Å². The van der Waals surface area contributed by atoms with Gasteiger partial charge in [-0.2, -0.15) is 0 Å². The summed E-state index contributed by atoms with van der Waals surface area (Å²) >= 11 is 2.27. The minimum absolute atomic E-state index is 0.0210. The minimum atomic E-state index is -0.602. The van der Waals surface area contributed by atoms with Crippen LogP contribution < -0.4 is 15.8 Å². The Balaban J connectivity index is 1.53. The summed E-state index contributed by atoms with van der Waals surface area (Å²) in [7, 11) is 0. The van der Waals surface area contributed by atoms with E-state index in [-0.39, 0.29) is 28.0 Å². The van der Waals surface area contributed by atoms with Gasteiger partial charge < -0.3 is 15.8 Å². The molecule has 2 aromatic carbocycles. The van der Waals surface area contributed by atoms with Gasteiger partial charge >= 0.3 is 0 Å². The molecule has 0 spiro atoms. The number of nitrogens with zero attached hydrogens (tertiary/aromatic N) is 3. The number of hydrogen-bond donors (Lipinski definition) is 3. The molecule has 2 aromatic heterocycles. The smallest absolute Gasteiger partial charge is 0.220 e. The zero-order chi connectivity index (χ0) is 24.4. The first-order valence-corrected chi connectivity index (χ1v) is 12.6. The van der Waals surface area contributed by atoms with E-state index in [0.717, 1.165) is 61.1 Å². The molecule has 0 saturated carbocycles. The van der Waals surface area contributed by atoms with Crippen molar-refractivity contribution in [2.24, 2.45) is 0 Å². The summed E-state index contributed by atoms with van der Waals surface area (Å²) in [4.78, 5) is 13.9. The highest BCUT2D eigenvalue weighted by molar-refractivity contribution is 8.00. The molecule has 1 aliphatic heterocycles. The van der Waals surface area contributed by atoms with E-state index in [1.54, 1.807) is 24.4 Å². The van der Waals surface area contributed by atoms with Gasteiger partial charge in [0.25, 0.3) is 0 Å². The van der Waals surface area contributed by atoms with E-state index in [0.29, 0.717) is 16.3 Å². The van der Waals surface area contributed by atoms with Crippen LogP contribution in [0.2, 0.25) is 0 Å². The number of nitrogens with one attached hydrogen (secondary N) is 2. The van der Waals surface area contributed by atoms with Crippen molar-refractivity contribution in [3.63, 3.8) is 0 Å². The highest BCUT2D eigenvalue weighted by Gasteiger charge is 2.25. The van der Waals surface area contributed by atoms with Crippen LogP contribution >= 0.6 is 23.3 Å². The highest BCUT2D eigenvalue weighted by atomic mass is 32.2. The number of benzene rings is 2. The molecule has 1 aliphatic rings. The molecule has 0 amide bonds. The Labute approximate surface area is 208 Å². The van der Waals surface area contributed by atoms with Crippen molar-refractivity contribution in [1.29, 1.82) is 0 Å². The minimum Gasteiger partial charge on any atom is -0.368 e.